The van der Waals surface area contributed by atoms with Gasteiger partial charge < -0.3 is 10.1 Å². The van der Waals surface area contributed by atoms with Gasteiger partial charge >= 0.3 is 0 Å². The van der Waals surface area contributed by atoms with E-state index in [1.807, 2.05) is 38.1 Å². The molecule has 1 aromatic carbocycles. The summed E-state index contributed by atoms with van der Waals surface area (Å²) in [5.41, 5.74) is 2.03. The summed E-state index contributed by atoms with van der Waals surface area (Å²) in [6.07, 6.45) is 0.998. The molecule has 106 valence electrons. The van der Waals surface area contributed by atoms with Crippen LogP contribution in [0.3, 0.4) is 0 Å². The van der Waals surface area contributed by atoms with Crippen LogP contribution in [-0.2, 0) is 0 Å². The van der Waals surface area contributed by atoms with Crippen LogP contribution < -0.4 is 10.1 Å². The van der Waals surface area contributed by atoms with Crippen molar-refractivity contribution >= 4 is 5.95 Å². The normalized spacial score (nSPS) is 11.9. The standard InChI is InChI=1S/C16H21N3O/c1-4-10-17-16-18-12(2)11-15(19-16)20-13(3)14-8-6-5-7-9-14/h5-9,11,13H,4,10H2,1-3H3,(H,17,18,19). The van der Waals surface area contributed by atoms with Crippen LogP contribution in [0.5, 0.6) is 5.88 Å². The number of rotatable bonds is 6. The minimum absolute atomic E-state index is 0.0375. The van der Waals surface area contributed by atoms with Crippen molar-refractivity contribution < 1.29 is 4.74 Å². The molecule has 2 aromatic rings. The third kappa shape index (κ3) is 3.95. The van der Waals surface area contributed by atoms with Gasteiger partial charge in [-0.05, 0) is 25.8 Å². The first kappa shape index (κ1) is 14.3. The molecule has 0 amide bonds. The fourth-order valence-corrected chi connectivity index (χ4v) is 1.89. The van der Waals surface area contributed by atoms with Crippen molar-refractivity contribution in [2.75, 3.05) is 11.9 Å². The van der Waals surface area contributed by atoms with Crippen molar-refractivity contribution in [3.63, 3.8) is 0 Å². The Kier molecular flexibility index (Phi) is 4.93. The number of nitrogens with zero attached hydrogens (tertiary/aromatic N) is 2. The van der Waals surface area contributed by atoms with Gasteiger partial charge in [0, 0.05) is 18.3 Å². The van der Waals surface area contributed by atoms with Crippen LogP contribution in [-0.4, -0.2) is 16.5 Å². The Morgan fingerprint density at radius 2 is 1.95 bits per heavy atom. The zero-order chi connectivity index (χ0) is 14.4. The molecule has 0 bridgehead atoms. The molecule has 0 saturated carbocycles. The lowest BCUT2D eigenvalue weighted by Gasteiger charge is -2.15. The van der Waals surface area contributed by atoms with E-state index in [-0.39, 0.29) is 6.10 Å². The summed E-state index contributed by atoms with van der Waals surface area (Å²) in [4.78, 5) is 8.74. The summed E-state index contributed by atoms with van der Waals surface area (Å²) in [7, 11) is 0. The van der Waals surface area contributed by atoms with Crippen LogP contribution >= 0.6 is 0 Å². The van der Waals surface area contributed by atoms with Gasteiger partial charge in [-0.25, -0.2) is 4.98 Å². The summed E-state index contributed by atoms with van der Waals surface area (Å²) >= 11 is 0. The average Bonchev–Trinajstić information content (AvgIpc) is 2.45. The van der Waals surface area contributed by atoms with Crippen molar-refractivity contribution in [3.8, 4) is 5.88 Å². The molecule has 0 saturated heterocycles. The number of hydrogen-bond donors (Lipinski definition) is 1. The molecule has 0 aliphatic carbocycles. The van der Waals surface area contributed by atoms with E-state index in [0.29, 0.717) is 11.8 Å². The van der Waals surface area contributed by atoms with Gasteiger partial charge in [0.1, 0.15) is 6.10 Å². The van der Waals surface area contributed by atoms with Gasteiger partial charge in [0.25, 0.3) is 0 Å². The second-order valence-corrected chi connectivity index (χ2v) is 4.77. The number of ether oxygens (including phenoxy) is 1. The molecule has 0 spiro atoms. The maximum atomic E-state index is 5.91. The van der Waals surface area contributed by atoms with Gasteiger partial charge in [-0.3, -0.25) is 0 Å². The van der Waals surface area contributed by atoms with Crippen LogP contribution in [0.2, 0.25) is 0 Å². The molecule has 1 atom stereocenters. The number of aryl methyl sites for hydroxylation is 1. The molecule has 1 heterocycles. The average molecular weight is 271 g/mol. The zero-order valence-corrected chi connectivity index (χ0v) is 12.3. The van der Waals surface area contributed by atoms with Gasteiger partial charge in [-0.2, -0.15) is 4.98 Å². The molecule has 4 heteroatoms. The van der Waals surface area contributed by atoms with Crippen LogP contribution in [0.15, 0.2) is 36.4 Å². The molecule has 0 aliphatic heterocycles. The van der Waals surface area contributed by atoms with E-state index in [1.54, 1.807) is 0 Å². The minimum atomic E-state index is -0.0375. The summed E-state index contributed by atoms with van der Waals surface area (Å²) < 4.78 is 5.91. The summed E-state index contributed by atoms with van der Waals surface area (Å²) in [6, 6.07) is 12.0. The van der Waals surface area contributed by atoms with E-state index in [9.17, 15) is 0 Å². The lowest BCUT2D eigenvalue weighted by Crippen LogP contribution is -2.09. The Hall–Kier alpha value is -2.10. The maximum Gasteiger partial charge on any atom is 0.226 e. The largest absolute Gasteiger partial charge is 0.470 e. The molecule has 4 nitrogen and oxygen atoms in total. The topological polar surface area (TPSA) is 47.0 Å². The first-order valence-corrected chi connectivity index (χ1v) is 7.00. The van der Waals surface area contributed by atoms with E-state index >= 15 is 0 Å². The second kappa shape index (κ2) is 6.89. The van der Waals surface area contributed by atoms with Crippen LogP contribution in [0, 0.1) is 6.92 Å². The monoisotopic (exact) mass is 271 g/mol. The van der Waals surface area contributed by atoms with Crippen LogP contribution in [0.25, 0.3) is 0 Å². The molecular weight excluding hydrogens is 250 g/mol. The number of aromatic nitrogens is 2. The first-order valence-electron chi connectivity index (χ1n) is 7.00. The van der Waals surface area contributed by atoms with Crippen molar-refractivity contribution in [2.24, 2.45) is 0 Å². The van der Waals surface area contributed by atoms with Crippen molar-refractivity contribution in [1.82, 2.24) is 9.97 Å². The summed E-state index contributed by atoms with van der Waals surface area (Å²) in [5, 5.41) is 3.19. The molecule has 1 aromatic heterocycles. The lowest BCUT2D eigenvalue weighted by atomic mass is 10.1. The highest BCUT2D eigenvalue weighted by molar-refractivity contribution is 5.31. The highest BCUT2D eigenvalue weighted by atomic mass is 16.5. The number of nitrogens with one attached hydrogen (secondary N) is 1. The highest BCUT2D eigenvalue weighted by Crippen LogP contribution is 2.21. The molecule has 0 aliphatic rings. The molecule has 20 heavy (non-hydrogen) atoms. The predicted molar refractivity (Wildman–Crippen MR) is 81.0 cm³/mol. The van der Waals surface area contributed by atoms with Gasteiger partial charge in [-0.1, -0.05) is 37.3 Å². The molecule has 0 radical (unpaired) electrons. The zero-order valence-electron chi connectivity index (χ0n) is 12.3. The number of benzene rings is 1. The fourth-order valence-electron chi connectivity index (χ4n) is 1.89. The van der Waals surface area contributed by atoms with Gasteiger partial charge in [0.05, 0.1) is 0 Å². The SMILES string of the molecule is CCCNc1nc(C)cc(OC(C)c2ccccc2)n1. The van der Waals surface area contributed by atoms with E-state index in [0.717, 1.165) is 24.2 Å². The van der Waals surface area contributed by atoms with Crippen molar-refractivity contribution in [2.45, 2.75) is 33.3 Å². The van der Waals surface area contributed by atoms with Gasteiger partial charge in [0.15, 0.2) is 0 Å². The quantitative estimate of drug-likeness (QED) is 0.869. The smallest absolute Gasteiger partial charge is 0.226 e. The van der Waals surface area contributed by atoms with Gasteiger partial charge in [0.2, 0.25) is 11.8 Å². The molecule has 0 fully saturated rings. The van der Waals surface area contributed by atoms with E-state index in [2.05, 4.69) is 34.3 Å². The van der Waals surface area contributed by atoms with Crippen molar-refractivity contribution in [3.05, 3.63) is 47.7 Å². The van der Waals surface area contributed by atoms with E-state index in [1.165, 1.54) is 0 Å². The summed E-state index contributed by atoms with van der Waals surface area (Å²) in [5.74, 6) is 1.23. The highest BCUT2D eigenvalue weighted by Gasteiger charge is 2.09. The molecule has 2 rings (SSSR count). The Morgan fingerprint density at radius 3 is 2.65 bits per heavy atom. The molecule has 1 unspecified atom stereocenters. The third-order valence-electron chi connectivity index (χ3n) is 2.93. The van der Waals surface area contributed by atoms with Crippen LogP contribution in [0.1, 0.15) is 37.6 Å². The van der Waals surface area contributed by atoms with E-state index in [4.69, 9.17) is 4.74 Å². The molecular formula is C16H21N3O. The number of anilines is 1. The maximum absolute atomic E-state index is 5.91. The summed E-state index contributed by atoms with van der Waals surface area (Å²) in [6.45, 7) is 6.93. The third-order valence-corrected chi connectivity index (χ3v) is 2.93. The van der Waals surface area contributed by atoms with E-state index < -0.39 is 0 Å². The second-order valence-electron chi connectivity index (χ2n) is 4.77. The Bertz CT molecular complexity index is 543. The minimum Gasteiger partial charge on any atom is -0.470 e. The van der Waals surface area contributed by atoms with Crippen molar-refractivity contribution in [1.29, 1.82) is 0 Å². The first-order chi connectivity index (χ1) is 9.69. The number of hydrogen-bond acceptors (Lipinski definition) is 4. The fraction of sp³-hybridized carbons (Fsp3) is 0.375. The lowest BCUT2D eigenvalue weighted by molar-refractivity contribution is 0.217. The Labute approximate surface area is 120 Å². The predicted octanol–water partition coefficient (Wildman–Crippen LogP) is 3.75. The van der Waals surface area contributed by atoms with Gasteiger partial charge in [-0.15, -0.1) is 0 Å². The Balaban J connectivity index is 2.10. The molecule has 1 N–H and O–H groups in total. The Morgan fingerprint density at radius 1 is 1.20 bits per heavy atom. The van der Waals surface area contributed by atoms with Crippen LogP contribution in [0.4, 0.5) is 5.95 Å².